The first kappa shape index (κ1) is 15.7. The Kier molecular flexibility index (Phi) is 5.90. The maximum absolute atomic E-state index is 9.29. The molecule has 0 aliphatic carbocycles. The van der Waals surface area contributed by atoms with Crippen LogP contribution in [0, 0.1) is 0 Å². The minimum atomic E-state index is -0.0765. The molecule has 21 heavy (non-hydrogen) atoms. The lowest BCUT2D eigenvalue weighted by Crippen LogP contribution is -2.10. The summed E-state index contributed by atoms with van der Waals surface area (Å²) < 4.78 is 17.4. The van der Waals surface area contributed by atoms with Gasteiger partial charge in [-0.3, -0.25) is 0 Å². The third-order valence-corrected chi connectivity index (χ3v) is 3.40. The van der Waals surface area contributed by atoms with Crippen molar-refractivity contribution in [1.29, 1.82) is 0 Å². The summed E-state index contributed by atoms with van der Waals surface area (Å²) in [5.74, 6) is 2.09. The molecule has 112 valence electrons. The van der Waals surface area contributed by atoms with Crippen LogP contribution < -0.4 is 14.2 Å². The van der Waals surface area contributed by atoms with Crippen LogP contribution >= 0.6 is 15.9 Å². The zero-order valence-electron chi connectivity index (χ0n) is 11.7. The Morgan fingerprint density at radius 3 is 2.29 bits per heavy atom. The predicted octanol–water partition coefficient (Wildman–Crippen LogP) is 3.41. The molecule has 0 saturated heterocycles. The molecular weight excluding hydrogens is 336 g/mol. The monoisotopic (exact) mass is 352 g/mol. The van der Waals surface area contributed by atoms with E-state index in [1.54, 1.807) is 25.3 Å². The number of hydrogen-bond acceptors (Lipinski definition) is 4. The topological polar surface area (TPSA) is 47.9 Å². The zero-order chi connectivity index (χ0) is 15.1. The van der Waals surface area contributed by atoms with Gasteiger partial charge in [0.05, 0.1) is 13.7 Å². The molecule has 0 fully saturated rings. The van der Waals surface area contributed by atoms with E-state index in [9.17, 15) is 5.11 Å². The molecule has 2 rings (SSSR count). The Morgan fingerprint density at radius 1 is 0.952 bits per heavy atom. The van der Waals surface area contributed by atoms with Gasteiger partial charge >= 0.3 is 0 Å². The van der Waals surface area contributed by atoms with Crippen LogP contribution in [0.3, 0.4) is 0 Å². The van der Waals surface area contributed by atoms with Crippen LogP contribution in [-0.2, 0) is 6.61 Å². The highest BCUT2D eigenvalue weighted by Crippen LogP contribution is 2.25. The number of aliphatic hydroxyl groups is 1. The first-order chi connectivity index (χ1) is 10.2. The standard InChI is InChI=1S/C16H17BrO4/c1-19-15-5-2-12(11-18)16(10-15)21-9-8-20-14-6-3-13(17)4-7-14/h2-7,10,18H,8-9,11H2,1H3. The molecule has 5 heteroatoms. The Bertz CT molecular complexity index is 569. The molecule has 0 radical (unpaired) electrons. The fourth-order valence-electron chi connectivity index (χ4n) is 1.77. The van der Waals surface area contributed by atoms with Gasteiger partial charge in [-0.1, -0.05) is 15.9 Å². The summed E-state index contributed by atoms with van der Waals surface area (Å²) in [6.45, 7) is 0.729. The minimum Gasteiger partial charge on any atom is -0.497 e. The van der Waals surface area contributed by atoms with E-state index in [-0.39, 0.29) is 6.61 Å². The van der Waals surface area contributed by atoms with Crippen LogP contribution in [0.2, 0.25) is 0 Å². The van der Waals surface area contributed by atoms with Gasteiger partial charge in [-0.25, -0.2) is 0 Å². The van der Waals surface area contributed by atoms with Gasteiger partial charge in [-0.2, -0.15) is 0 Å². The maximum Gasteiger partial charge on any atom is 0.128 e. The molecule has 0 saturated carbocycles. The third-order valence-electron chi connectivity index (χ3n) is 2.87. The third kappa shape index (κ3) is 4.65. The molecule has 0 aliphatic rings. The van der Waals surface area contributed by atoms with Crippen molar-refractivity contribution in [2.75, 3.05) is 20.3 Å². The number of ether oxygens (including phenoxy) is 3. The Balaban J connectivity index is 1.86. The highest BCUT2D eigenvalue weighted by molar-refractivity contribution is 9.10. The summed E-state index contributed by atoms with van der Waals surface area (Å²) in [6.07, 6.45) is 0. The van der Waals surface area contributed by atoms with Crippen molar-refractivity contribution in [2.24, 2.45) is 0 Å². The normalized spacial score (nSPS) is 10.2. The van der Waals surface area contributed by atoms with Gasteiger partial charge in [0, 0.05) is 16.1 Å². The van der Waals surface area contributed by atoms with E-state index in [4.69, 9.17) is 14.2 Å². The molecule has 0 spiro atoms. The van der Waals surface area contributed by atoms with Crippen molar-refractivity contribution in [3.8, 4) is 17.2 Å². The molecule has 0 heterocycles. The largest absolute Gasteiger partial charge is 0.497 e. The van der Waals surface area contributed by atoms with Gasteiger partial charge in [0.1, 0.15) is 30.5 Å². The highest BCUT2D eigenvalue weighted by Gasteiger charge is 2.05. The number of methoxy groups -OCH3 is 1. The Labute approximate surface area is 132 Å². The Hall–Kier alpha value is -1.72. The first-order valence-corrected chi connectivity index (χ1v) is 7.31. The van der Waals surface area contributed by atoms with Gasteiger partial charge in [0.2, 0.25) is 0 Å². The van der Waals surface area contributed by atoms with Crippen molar-refractivity contribution in [2.45, 2.75) is 6.61 Å². The number of halogens is 1. The summed E-state index contributed by atoms with van der Waals surface area (Å²) in [7, 11) is 1.59. The van der Waals surface area contributed by atoms with Crippen LogP contribution in [0.1, 0.15) is 5.56 Å². The molecule has 2 aromatic carbocycles. The zero-order valence-corrected chi connectivity index (χ0v) is 13.3. The van der Waals surface area contributed by atoms with Crippen molar-refractivity contribution in [1.82, 2.24) is 0 Å². The van der Waals surface area contributed by atoms with Gasteiger partial charge < -0.3 is 19.3 Å². The van der Waals surface area contributed by atoms with E-state index in [2.05, 4.69) is 15.9 Å². The molecule has 2 aromatic rings. The predicted molar refractivity (Wildman–Crippen MR) is 84.0 cm³/mol. The van der Waals surface area contributed by atoms with Gasteiger partial charge in [0.25, 0.3) is 0 Å². The van der Waals surface area contributed by atoms with E-state index in [1.165, 1.54) is 0 Å². The van der Waals surface area contributed by atoms with E-state index in [0.717, 1.165) is 15.8 Å². The van der Waals surface area contributed by atoms with Crippen LogP contribution in [0.5, 0.6) is 17.2 Å². The van der Waals surface area contributed by atoms with Crippen LogP contribution in [0.25, 0.3) is 0 Å². The van der Waals surface area contributed by atoms with Crippen LogP contribution in [0.4, 0.5) is 0 Å². The second kappa shape index (κ2) is 7.90. The number of hydrogen-bond donors (Lipinski definition) is 1. The summed E-state index contributed by atoms with van der Waals surface area (Å²) >= 11 is 3.37. The van der Waals surface area contributed by atoms with E-state index < -0.39 is 0 Å². The van der Waals surface area contributed by atoms with E-state index in [1.807, 2.05) is 24.3 Å². The molecule has 0 aromatic heterocycles. The quantitative estimate of drug-likeness (QED) is 0.775. The Morgan fingerprint density at radius 2 is 1.62 bits per heavy atom. The molecule has 4 nitrogen and oxygen atoms in total. The van der Waals surface area contributed by atoms with Gasteiger partial charge in [-0.05, 0) is 36.4 Å². The van der Waals surface area contributed by atoms with Gasteiger partial charge in [-0.15, -0.1) is 0 Å². The number of benzene rings is 2. The molecule has 0 unspecified atom stereocenters. The molecule has 0 amide bonds. The molecule has 0 aliphatic heterocycles. The summed E-state index contributed by atoms with van der Waals surface area (Å²) in [6, 6.07) is 12.9. The summed E-state index contributed by atoms with van der Waals surface area (Å²) in [5, 5.41) is 9.29. The van der Waals surface area contributed by atoms with Crippen molar-refractivity contribution in [3.05, 3.63) is 52.5 Å². The van der Waals surface area contributed by atoms with Crippen molar-refractivity contribution >= 4 is 15.9 Å². The van der Waals surface area contributed by atoms with Crippen LogP contribution in [0.15, 0.2) is 46.9 Å². The first-order valence-electron chi connectivity index (χ1n) is 6.52. The van der Waals surface area contributed by atoms with Crippen LogP contribution in [-0.4, -0.2) is 25.4 Å². The molecular formula is C16H17BrO4. The average molecular weight is 353 g/mol. The van der Waals surface area contributed by atoms with E-state index >= 15 is 0 Å². The highest BCUT2D eigenvalue weighted by atomic mass is 79.9. The second-order valence-electron chi connectivity index (χ2n) is 4.28. The lowest BCUT2D eigenvalue weighted by molar-refractivity contribution is 0.209. The fourth-order valence-corrected chi connectivity index (χ4v) is 2.03. The lowest BCUT2D eigenvalue weighted by atomic mass is 10.2. The van der Waals surface area contributed by atoms with E-state index in [0.29, 0.717) is 24.7 Å². The summed E-state index contributed by atoms with van der Waals surface area (Å²) in [5.41, 5.74) is 0.722. The number of aliphatic hydroxyl groups excluding tert-OH is 1. The molecule has 0 atom stereocenters. The minimum absolute atomic E-state index is 0.0765. The van der Waals surface area contributed by atoms with Gasteiger partial charge in [0.15, 0.2) is 0 Å². The molecule has 1 N–H and O–H groups in total. The van der Waals surface area contributed by atoms with Crippen molar-refractivity contribution in [3.63, 3.8) is 0 Å². The fraction of sp³-hybridized carbons (Fsp3) is 0.250. The summed E-state index contributed by atoms with van der Waals surface area (Å²) in [4.78, 5) is 0. The maximum atomic E-state index is 9.29. The SMILES string of the molecule is COc1ccc(CO)c(OCCOc2ccc(Br)cc2)c1. The second-order valence-corrected chi connectivity index (χ2v) is 5.20. The molecule has 0 bridgehead atoms. The smallest absolute Gasteiger partial charge is 0.128 e. The number of rotatable bonds is 7. The lowest BCUT2D eigenvalue weighted by Gasteiger charge is -2.12. The van der Waals surface area contributed by atoms with Crippen molar-refractivity contribution < 1.29 is 19.3 Å². The average Bonchev–Trinajstić information content (AvgIpc) is 2.53.